The Balaban J connectivity index is 1.70. The van der Waals surface area contributed by atoms with E-state index in [0.717, 1.165) is 16.9 Å². The Morgan fingerprint density at radius 2 is 1.52 bits per heavy atom. The van der Waals surface area contributed by atoms with Crippen LogP contribution in [0.2, 0.25) is 0 Å². The van der Waals surface area contributed by atoms with E-state index in [2.05, 4.69) is 5.32 Å². The van der Waals surface area contributed by atoms with Gasteiger partial charge in [-0.15, -0.1) is 0 Å². The van der Waals surface area contributed by atoms with Crippen LogP contribution in [0.3, 0.4) is 0 Å². The van der Waals surface area contributed by atoms with Crippen molar-refractivity contribution in [2.45, 2.75) is 13.0 Å². The summed E-state index contributed by atoms with van der Waals surface area (Å²) in [5, 5.41) is 2.95. The van der Waals surface area contributed by atoms with Gasteiger partial charge in [0.2, 0.25) is 0 Å². The van der Waals surface area contributed by atoms with E-state index in [0.29, 0.717) is 12.4 Å². The molecule has 0 spiro atoms. The summed E-state index contributed by atoms with van der Waals surface area (Å²) in [4.78, 5) is 25.1. The van der Waals surface area contributed by atoms with Gasteiger partial charge in [0, 0.05) is 0 Å². The third-order valence-electron chi connectivity index (χ3n) is 4.63. The van der Waals surface area contributed by atoms with Crippen molar-refractivity contribution in [2.24, 2.45) is 0 Å². The van der Waals surface area contributed by atoms with Crippen molar-refractivity contribution in [3.05, 3.63) is 95.6 Å². The number of methoxy groups -OCH3 is 1. The molecule has 1 N–H and O–H groups in total. The van der Waals surface area contributed by atoms with Crippen molar-refractivity contribution in [3.63, 3.8) is 0 Å². The van der Waals surface area contributed by atoms with Crippen LogP contribution in [0, 0.1) is 0 Å². The standard InChI is InChI=1S/C25H25NO5/c1-3-30-22-12-8-7-11-21(22)25(28)31-17-23(27)26-24(18-9-5-4-6-10-18)19-13-15-20(29-2)16-14-19/h4-16,24H,3,17H2,1-2H3,(H,26,27)/t24-/m1/s1. The van der Waals surface area contributed by atoms with E-state index in [1.807, 2.05) is 61.5 Å². The molecule has 6 heteroatoms. The van der Waals surface area contributed by atoms with E-state index in [-0.39, 0.29) is 5.56 Å². The number of hydrogen-bond acceptors (Lipinski definition) is 5. The quantitative estimate of drug-likeness (QED) is 0.527. The summed E-state index contributed by atoms with van der Waals surface area (Å²) in [5.74, 6) is 0.131. The van der Waals surface area contributed by atoms with Gasteiger partial charge in [-0.3, -0.25) is 4.79 Å². The minimum Gasteiger partial charge on any atom is -0.497 e. The topological polar surface area (TPSA) is 73.9 Å². The van der Waals surface area contributed by atoms with Crippen molar-refractivity contribution in [2.75, 3.05) is 20.3 Å². The van der Waals surface area contributed by atoms with E-state index < -0.39 is 24.5 Å². The average Bonchev–Trinajstić information content (AvgIpc) is 2.82. The Kier molecular flexibility index (Phi) is 7.65. The molecule has 160 valence electrons. The van der Waals surface area contributed by atoms with E-state index in [1.54, 1.807) is 31.4 Å². The molecule has 3 aromatic rings. The SMILES string of the molecule is CCOc1ccccc1C(=O)OCC(=O)N[C@H](c1ccccc1)c1ccc(OC)cc1. The van der Waals surface area contributed by atoms with Crippen molar-refractivity contribution >= 4 is 11.9 Å². The summed E-state index contributed by atoms with van der Waals surface area (Å²) >= 11 is 0. The highest BCUT2D eigenvalue weighted by atomic mass is 16.5. The maximum Gasteiger partial charge on any atom is 0.342 e. The molecular weight excluding hydrogens is 394 g/mol. The molecule has 0 heterocycles. The van der Waals surface area contributed by atoms with Crippen molar-refractivity contribution < 1.29 is 23.8 Å². The Morgan fingerprint density at radius 1 is 0.871 bits per heavy atom. The number of hydrogen-bond donors (Lipinski definition) is 1. The van der Waals surface area contributed by atoms with Crippen LogP contribution in [0.15, 0.2) is 78.9 Å². The van der Waals surface area contributed by atoms with Gasteiger partial charge < -0.3 is 19.5 Å². The van der Waals surface area contributed by atoms with Gasteiger partial charge in [0.1, 0.15) is 17.1 Å². The molecule has 31 heavy (non-hydrogen) atoms. The van der Waals surface area contributed by atoms with Crippen LogP contribution in [-0.2, 0) is 9.53 Å². The lowest BCUT2D eigenvalue weighted by molar-refractivity contribution is -0.124. The predicted octanol–water partition coefficient (Wildman–Crippen LogP) is 4.16. The zero-order valence-electron chi connectivity index (χ0n) is 17.5. The lowest BCUT2D eigenvalue weighted by Crippen LogP contribution is -2.33. The third kappa shape index (κ3) is 5.85. The highest BCUT2D eigenvalue weighted by Crippen LogP contribution is 2.24. The van der Waals surface area contributed by atoms with Gasteiger partial charge in [0.15, 0.2) is 6.61 Å². The normalized spacial score (nSPS) is 11.3. The number of benzene rings is 3. The van der Waals surface area contributed by atoms with E-state index in [4.69, 9.17) is 14.2 Å². The Bertz CT molecular complexity index is 1000. The lowest BCUT2D eigenvalue weighted by atomic mass is 9.98. The maximum atomic E-state index is 12.6. The lowest BCUT2D eigenvalue weighted by Gasteiger charge is -2.20. The molecule has 1 amide bonds. The molecule has 0 aromatic heterocycles. The van der Waals surface area contributed by atoms with E-state index >= 15 is 0 Å². The number of ether oxygens (including phenoxy) is 3. The van der Waals surface area contributed by atoms with Crippen LogP contribution in [-0.4, -0.2) is 32.2 Å². The van der Waals surface area contributed by atoms with E-state index in [9.17, 15) is 9.59 Å². The molecule has 3 aromatic carbocycles. The molecule has 0 bridgehead atoms. The van der Waals surface area contributed by atoms with Crippen LogP contribution in [0.1, 0.15) is 34.5 Å². The second-order valence-corrected chi connectivity index (χ2v) is 6.69. The second-order valence-electron chi connectivity index (χ2n) is 6.69. The Morgan fingerprint density at radius 3 is 2.19 bits per heavy atom. The van der Waals surface area contributed by atoms with Crippen LogP contribution >= 0.6 is 0 Å². The van der Waals surface area contributed by atoms with Crippen molar-refractivity contribution in [1.29, 1.82) is 0 Å². The molecule has 0 aliphatic rings. The van der Waals surface area contributed by atoms with Gasteiger partial charge in [0.25, 0.3) is 5.91 Å². The van der Waals surface area contributed by atoms with Gasteiger partial charge in [-0.2, -0.15) is 0 Å². The number of para-hydroxylation sites is 1. The molecule has 0 saturated heterocycles. The van der Waals surface area contributed by atoms with Crippen LogP contribution in [0.4, 0.5) is 0 Å². The summed E-state index contributed by atoms with van der Waals surface area (Å²) in [6, 6.07) is 23.4. The van der Waals surface area contributed by atoms with Crippen molar-refractivity contribution in [1.82, 2.24) is 5.32 Å². The molecule has 0 radical (unpaired) electrons. The van der Waals surface area contributed by atoms with Gasteiger partial charge in [-0.25, -0.2) is 4.79 Å². The number of carbonyl (C=O) groups excluding carboxylic acids is 2. The monoisotopic (exact) mass is 419 g/mol. The number of esters is 1. The number of carbonyl (C=O) groups is 2. The van der Waals surface area contributed by atoms with Crippen LogP contribution < -0.4 is 14.8 Å². The summed E-state index contributed by atoms with van der Waals surface area (Å²) < 4.78 is 15.9. The average molecular weight is 419 g/mol. The zero-order valence-corrected chi connectivity index (χ0v) is 17.5. The predicted molar refractivity (Wildman–Crippen MR) is 117 cm³/mol. The molecule has 0 unspecified atom stereocenters. The molecular formula is C25H25NO5. The maximum absolute atomic E-state index is 12.6. The van der Waals surface area contributed by atoms with Gasteiger partial charge in [-0.1, -0.05) is 54.6 Å². The van der Waals surface area contributed by atoms with Crippen LogP contribution in [0.5, 0.6) is 11.5 Å². The number of nitrogens with one attached hydrogen (secondary N) is 1. The molecule has 0 saturated carbocycles. The number of rotatable bonds is 9. The Hall–Kier alpha value is -3.80. The minimum atomic E-state index is -0.611. The van der Waals surface area contributed by atoms with Crippen molar-refractivity contribution in [3.8, 4) is 11.5 Å². The largest absolute Gasteiger partial charge is 0.497 e. The molecule has 3 rings (SSSR count). The number of amides is 1. The molecule has 0 aliphatic heterocycles. The first-order chi connectivity index (χ1) is 15.1. The molecule has 0 fully saturated rings. The summed E-state index contributed by atoms with van der Waals surface area (Å²) in [6.45, 7) is 1.85. The summed E-state index contributed by atoms with van der Waals surface area (Å²) in [5.41, 5.74) is 2.08. The van der Waals surface area contributed by atoms with Gasteiger partial charge in [-0.05, 0) is 42.3 Å². The highest BCUT2D eigenvalue weighted by molar-refractivity contribution is 5.94. The molecule has 6 nitrogen and oxygen atoms in total. The molecule has 1 atom stereocenters. The van der Waals surface area contributed by atoms with Crippen LogP contribution in [0.25, 0.3) is 0 Å². The fraction of sp³-hybridized carbons (Fsp3) is 0.200. The third-order valence-corrected chi connectivity index (χ3v) is 4.63. The smallest absolute Gasteiger partial charge is 0.342 e. The Labute approximate surface area is 181 Å². The first kappa shape index (κ1) is 21.9. The molecule has 0 aliphatic carbocycles. The fourth-order valence-electron chi connectivity index (χ4n) is 3.13. The highest BCUT2D eigenvalue weighted by Gasteiger charge is 2.19. The summed E-state index contributed by atoms with van der Waals surface area (Å²) in [6.07, 6.45) is 0. The van der Waals surface area contributed by atoms with E-state index in [1.165, 1.54) is 0 Å². The van der Waals surface area contributed by atoms with Gasteiger partial charge in [0.05, 0.1) is 19.8 Å². The summed E-state index contributed by atoms with van der Waals surface area (Å²) in [7, 11) is 1.60. The first-order valence-corrected chi connectivity index (χ1v) is 9.99. The zero-order chi connectivity index (χ0) is 22.1. The fourth-order valence-corrected chi connectivity index (χ4v) is 3.13. The van der Waals surface area contributed by atoms with Gasteiger partial charge >= 0.3 is 5.97 Å². The second kappa shape index (κ2) is 10.8. The first-order valence-electron chi connectivity index (χ1n) is 9.99. The minimum absolute atomic E-state index is 0.284.